The minimum atomic E-state index is -0.504. The smallest absolute Gasteiger partial charge is 0.255 e. The van der Waals surface area contributed by atoms with Crippen LogP contribution < -0.4 is 20.7 Å². The van der Waals surface area contributed by atoms with Gasteiger partial charge in [0.25, 0.3) is 5.91 Å². The number of carbonyl (C=O) groups excluding carboxylic acids is 2. The molecule has 0 spiro atoms. The van der Waals surface area contributed by atoms with Crippen LogP contribution in [0.3, 0.4) is 0 Å². The van der Waals surface area contributed by atoms with E-state index in [1.54, 1.807) is 13.1 Å². The number of anilines is 1. The molecule has 2 heterocycles. The first-order valence-corrected chi connectivity index (χ1v) is 11.4. The molecule has 0 bridgehead atoms. The van der Waals surface area contributed by atoms with Crippen LogP contribution in [0.15, 0.2) is 53.5 Å². The highest BCUT2D eigenvalue weighted by atomic mass is 127. The molecule has 2 aromatic carbocycles. The van der Waals surface area contributed by atoms with Crippen molar-refractivity contribution >= 4 is 47.4 Å². The van der Waals surface area contributed by atoms with Crippen LogP contribution >= 0.6 is 24.0 Å². The van der Waals surface area contributed by atoms with Crippen molar-refractivity contribution in [3.05, 3.63) is 59.7 Å². The van der Waals surface area contributed by atoms with Gasteiger partial charge in [0.05, 0.1) is 0 Å². The van der Waals surface area contributed by atoms with E-state index in [-0.39, 0.29) is 36.5 Å². The molecular weight excluding hydrogens is 545 g/mol. The van der Waals surface area contributed by atoms with E-state index >= 15 is 0 Å². The number of carbonyl (C=O) groups is 2. The Hall–Kier alpha value is -2.82. The van der Waals surface area contributed by atoms with Crippen molar-refractivity contribution in [1.29, 1.82) is 0 Å². The second kappa shape index (κ2) is 12.0. The molecule has 8 nitrogen and oxygen atoms in total. The first-order valence-electron chi connectivity index (χ1n) is 11.4. The molecule has 9 heteroatoms. The highest BCUT2D eigenvalue weighted by molar-refractivity contribution is 14.0. The Bertz CT molecular complexity index is 1040. The van der Waals surface area contributed by atoms with Crippen LogP contribution in [-0.4, -0.2) is 56.0 Å². The number of nitrogens with two attached hydrogens (primary N) is 1. The molecule has 2 aliphatic heterocycles. The van der Waals surface area contributed by atoms with E-state index < -0.39 is 5.91 Å². The summed E-state index contributed by atoms with van der Waals surface area (Å²) < 4.78 is 5.41. The third kappa shape index (κ3) is 6.19. The van der Waals surface area contributed by atoms with Gasteiger partial charge in [0.15, 0.2) is 12.6 Å². The number of rotatable bonds is 8. The maximum Gasteiger partial charge on any atom is 0.255 e. The van der Waals surface area contributed by atoms with E-state index in [1.165, 1.54) is 5.56 Å². The Kier molecular flexibility index (Phi) is 9.14. The lowest BCUT2D eigenvalue weighted by atomic mass is 9.98. The number of fused-ring (bicyclic) bond motifs is 1. The number of likely N-dealkylation sites (tertiary alicyclic amines) is 1. The number of nitrogens with zero attached hydrogens (tertiary/aromatic N) is 3. The van der Waals surface area contributed by atoms with Gasteiger partial charge in [0.1, 0.15) is 5.75 Å². The van der Waals surface area contributed by atoms with Crippen LogP contribution in [0.4, 0.5) is 5.69 Å². The number of amides is 2. The fraction of sp³-hybridized carbons (Fsp3) is 0.400. The van der Waals surface area contributed by atoms with Gasteiger partial charge in [-0.3, -0.25) is 14.6 Å². The zero-order chi connectivity index (χ0) is 23.2. The van der Waals surface area contributed by atoms with Crippen molar-refractivity contribution in [3.63, 3.8) is 0 Å². The lowest BCUT2D eigenvalue weighted by Gasteiger charge is -2.23. The summed E-state index contributed by atoms with van der Waals surface area (Å²) in [5.74, 6) is 1.52. The molecule has 182 valence electrons. The van der Waals surface area contributed by atoms with Crippen molar-refractivity contribution in [1.82, 2.24) is 10.2 Å². The van der Waals surface area contributed by atoms with Crippen LogP contribution in [0.25, 0.3) is 0 Å². The number of guanidine groups is 1. The standard InChI is InChI=1S/C25H31N5O3.HI/c1-27-25(28-15-18-6-4-7-20(14-18)33-17-23(26)31)30-16-19(21-8-2-3-9-22(21)30)11-13-29-12-5-10-24(29)32;/h2-4,6-9,14,19H,5,10-13,15-17H2,1H3,(H2,26,31)(H,27,28);1H. The summed E-state index contributed by atoms with van der Waals surface area (Å²) in [6, 6.07) is 16.0. The van der Waals surface area contributed by atoms with Gasteiger partial charge in [-0.1, -0.05) is 30.3 Å². The van der Waals surface area contributed by atoms with E-state index in [0.717, 1.165) is 49.7 Å². The predicted octanol–water partition coefficient (Wildman–Crippen LogP) is 2.86. The molecule has 1 unspecified atom stereocenters. The van der Waals surface area contributed by atoms with Crippen molar-refractivity contribution in [3.8, 4) is 5.75 Å². The number of hydrogen-bond donors (Lipinski definition) is 2. The lowest BCUT2D eigenvalue weighted by molar-refractivity contribution is -0.127. The number of halogens is 1. The molecule has 4 rings (SSSR count). The molecule has 0 saturated carbocycles. The van der Waals surface area contributed by atoms with E-state index in [4.69, 9.17) is 10.5 Å². The molecule has 0 aromatic heterocycles. The van der Waals surface area contributed by atoms with E-state index in [0.29, 0.717) is 24.6 Å². The Balaban J connectivity index is 0.00000324. The molecule has 2 aliphatic rings. The average Bonchev–Trinajstić information content (AvgIpc) is 3.40. The van der Waals surface area contributed by atoms with Crippen molar-refractivity contribution < 1.29 is 14.3 Å². The monoisotopic (exact) mass is 577 g/mol. The van der Waals surface area contributed by atoms with Crippen molar-refractivity contribution in [2.45, 2.75) is 31.7 Å². The summed E-state index contributed by atoms with van der Waals surface area (Å²) in [4.78, 5) is 31.7. The van der Waals surface area contributed by atoms with E-state index in [9.17, 15) is 9.59 Å². The predicted molar refractivity (Wildman–Crippen MR) is 144 cm³/mol. The Morgan fingerprint density at radius 3 is 2.79 bits per heavy atom. The highest BCUT2D eigenvalue weighted by Crippen LogP contribution is 2.38. The number of benzene rings is 2. The van der Waals surface area contributed by atoms with Crippen LogP contribution in [-0.2, 0) is 16.1 Å². The Morgan fingerprint density at radius 2 is 2.06 bits per heavy atom. The molecule has 34 heavy (non-hydrogen) atoms. The topological polar surface area (TPSA) is 100 Å². The molecule has 1 fully saturated rings. The van der Waals surface area contributed by atoms with Gasteiger partial charge in [-0.05, 0) is 42.2 Å². The second-order valence-corrected chi connectivity index (χ2v) is 8.44. The zero-order valence-electron chi connectivity index (χ0n) is 19.4. The van der Waals surface area contributed by atoms with Gasteiger partial charge < -0.3 is 25.6 Å². The van der Waals surface area contributed by atoms with Gasteiger partial charge in [0.2, 0.25) is 5.91 Å². The molecule has 0 aliphatic carbocycles. The van der Waals surface area contributed by atoms with Gasteiger partial charge in [-0.25, -0.2) is 0 Å². The molecule has 3 N–H and O–H groups in total. The van der Waals surface area contributed by atoms with Crippen molar-refractivity contribution in [2.24, 2.45) is 10.7 Å². The van der Waals surface area contributed by atoms with Gasteiger partial charge in [-0.15, -0.1) is 24.0 Å². The summed E-state index contributed by atoms with van der Waals surface area (Å²) in [5, 5.41) is 3.45. The summed E-state index contributed by atoms with van der Waals surface area (Å²) in [7, 11) is 1.79. The minimum absolute atomic E-state index is 0. The van der Waals surface area contributed by atoms with Crippen LogP contribution in [0.2, 0.25) is 0 Å². The number of ether oxygens (including phenoxy) is 1. The summed E-state index contributed by atoms with van der Waals surface area (Å²) >= 11 is 0. The highest BCUT2D eigenvalue weighted by Gasteiger charge is 2.32. The molecular formula is C25H32IN5O3. The number of nitrogens with one attached hydrogen (secondary N) is 1. The van der Waals surface area contributed by atoms with Gasteiger partial charge in [0, 0.05) is 51.3 Å². The Morgan fingerprint density at radius 1 is 1.24 bits per heavy atom. The Labute approximate surface area is 217 Å². The fourth-order valence-corrected chi connectivity index (χ4v) is 4.57. The van der Waals surface area contributed by atoms with E-state index in [1.807, 2.05) is 29.2 Å². The third-order valence-corrected chi connectivity index (χ3v) is 6.19. The normalized spacial score (nSPS) is 17.4. The van der Waals surface area contributed by atoms with Crippen molar-refractivity contribution in [2.75, 3.05) is 38.2 Å². The first kappa shape index (κ1) is 25.8. The number of primary amides is 1. The maximum atomic E-state index is 12.0. The molecule has 1 atom stereocenters. The maximum absolute atomic E-state index is 12.0. The lowest BCUT2D eigenvalue weighted by Crippen LogP contribution is -2.40. The average molecular weight is 577 g/mol. The zero-order valence-corrected chi connectivity index (χ0v) is 21.7. The number of hydrogen-bond acceptors (Lipinski definition) is 4. The van der Waals surface area contributed by atoms with Crippen LogP contribution in [0.1, 0.15) is 36.3 Å². The number of aliphatic imine (C=N–C) groups is 1. The fourth-order valence-electron chi connectivity index (χ4n) is 4.57. The largest absolute Gasteiger partial charge is 0.484 e. The van der Waals surface area contributed by atoms with E-state index in [2.05, 4.69) is 33.4 Å². The number of para-hydroxylation sites is 1. The van der Waals surface area contributed by atoms with Crippen LogP contribution in [0.5, 0.6) is 5.75 Å². The van der Waals surface area contributed by atoms with Gasteiger partial charge >= 0.3 is 0 Å². The molecule has 0 radical (unpaired) electrons. The first-order chi connectivity index (χ1) is 16.0. The summed E-state index contributed by atoms with van der Waals surface area (Å²) in [6.45, 7) is 2.92. The molecule has 2 amide bonds. The summed E-state index contributed by atoms with van der Waals surface area (Å²) in [6.07, 6.45) is 2.59. The second-order valence-electron chi connectivity index (χ2n) is 8.44. The summed E-state index contributed by atoms with van der Waals surface area (Å²) in [5.41, 5.74) is 8.63. The molecule has 1 saturated heterocycles. The molecule has 2 aromatic rings. The quantitative estimate of drug-likeness (QED) is 0.286. The SMILES string of the molecule is CN=C(NCc1cccc(OCC(N)=O)c1)N1CC(CCN2CCCC2=O)c2ccccc21.I. The minimum Gasteiger partial charge on any atom is -0.484 e. The van der Waals surface area contributed by atoms with Gasteiger partial charge in [-0.2, -0.15) is 0 Å². The van der Waals surface area contributed by atoms with Crippen LogP contribution in [0, 0.1) is 0 Å². The third-order valence-electron chi connectivity index (χ3n) is 6.19.